The number of hydrogen-bond acceptors (Lipinski definition) is 5. The highest BCUT2D eigenvalue weighted by atomic mass is 19.1. The highest BCUT2D eigenvalue weighted by molar-refractivity contribution is 5.94. The lowest BCUT2D eigenvalue weighted by Gasteiger charge is -2.08. The van der Waals surface area contributed by atoms with Crippen LogP contribution >= 0.6 is 0 Å². The van der Waals surface area contributed by atoms with E-state index < -0.39 is 0 Å². The fraction of sp³-hybridized carbons (Fsp3) is 0. The summed E-state index contributed by atoms with van der Waals surface area (Å²) in [6.45, 7) is 0. The van der Waals surface area contributed by atoms with Gasteiger partial charge in [-0.05, 0) is 42.5 Å². The molecule has 2 aromatic heterocycles. The van der Waals surface area contributed by atoms with Gasteiger partial charge in [-0.15, -0.1) is 5.10 Å². The van der Waals surface area contributed by atoms with Gasteiger partial charge in [0.15, 0.2) is 0 Å². The van der Waals surface area contributed by atoms with Crippen LogP contribution in [0.25, 0.3) is 22.0 Å². The Morgan fingerprint density at radius 1 is 0.833 bits per heavy atom. The van der Waals surface area contributed by atoms with E-state index in [0.29, 0.717) is 17.2 Å². The minimum atomic E-state index is -0.300. The number of benzene rings is 2. The second-order valence-corrected chi connectivity index (χ2v) is 5.13. The molecule has 116 valence electrons. The summed E-state index contributed by atoms with van der Waals surface area (Å²) < 4.78 is 18.7. The van der Waals surface area contributed by atoms with Crippen LogP contribution in [0.2, 0.25) is 0 Å². The minimum Gasteiger partial charge on any atom is -0.457 e. The van der Waals surface area contributed by atoms with Gasteiger partial charge in [-0.1, -0.05) is 0 Å². The third-order valence-corrected chi connectivity index (χ3v) is 3.52. The molecular weight excluding hydrogens is 307 g/mol. The number of halogens is 1. The summed E-state index contributed by atoms with van der Waals surface area (Å²) in [7, 11) is 0. The normalized spacial score (nSPS) is 10.7. The smallest absolute Gasteiger partial charge is 0.128 e. The van der Waals surface area contributed by atoms with Crippen LogP contribution in [0.15, 0.2) is 67.4 Å². The van der Waals surface area contributed by atoms with E-state index in [-0.39, 0.29) is 5.82 Å². The SMILES string of the molecule is Fc1ccc(Oc2ccc3c(-c4cncnc4)nncc3c2)cc1. The number of hydrogen-bond donors (Lipinski definition) is 0. The van der Waals surface area contributed by atoms with Gasteiger partial charge in [-0.25, -0.2) is 14.4 Å². The van der Waals surface area contributed by atoms with E-state index >= 15 is 0 Å². The molecule has 24 heavy (non-hydrogen) atoms. The number of nitrogens with zero attached hydrogens (tertiary/aromatic N) is 4. The van der Waals surface area contributed by atoms with Crippen LogP contribution in [0, 0.1) is 5.82 Å². The molecule has 4 aromatic rings. The summed E-state index contributed by atoms with van der Waals surface area (Å²) in [5, 5.41) is 10.0. The standard InChI is InChI=1S/C18H11FN4O/c19-14-1-3-15(4-2-14)24-16-5-6-17-12(7-16)10-22-23-18(17)13-8-20-11-21-9-13/h1-11H. The lowest BCUT2D eigenvalue weighted by atomic mass is 10.1. The van der Waals surface area contributed by atoms with Gasteiger partial charge in [-0.3, -0.25) is 0 Å². The fourth-order valence-corrected chi connectivity index (χ4v) is 2.40. The molecule has 0 unspecified atom stereocenters. The van der Waals surface area contributed by atoms with E-state index in [1.165, 1.54) is 18.5 Å². The summed E-state index contributed by atoms with van der Waals surface area (Å²) in [4.78, 5) is 8.03. The molecule has 2 heterocycles. The van der Waals surface area contributed by atoms with Crippen LogP contribution in [0.1, 0.15) is 0 Å². The van der Waals surface area contributed by atoms with E-state index in [1.54, 1.807) is 30.7 Å². The van der Waals surface area contributed by atoms with Crippen molar-refractivity contribution in [1.29, 1.82) is 0 Å². The van der Waals surface area contributed by atoms with Gasteiger partial charge in [0.05, 0.1) is 6.20 Å². The number of aromatic nitrogens is 4. The average molecular weight is 318 g/mol. The number of ether oxygens (including phenoxy) is 1. The fourth-order valence-electron chi connectivity index (χ4n) is 2.40. The molecule has 2 aromatic carbocycles. The largest absolute Gasteiger partial charge is 0.457 e. The number of fused-ring (bicyclic) bond motifs is 1. The van der Waals surface area contributed by atoms with Crippen molar-refractivity contribution in [2.75, 3.05) is 0 Å². The Hall–Kier alpha value is -3.41. The predicted molar refractivity (Wildman–Crippen MR) is 87.0 cm³/mol. The third-order valence-electron chi connectivity index (χ3n) is 3.52. The van der Waals surface area contributed by atoms with Crippen molar-refractivity contribution in [2.45, 2.75) is 0 Å². The second kappa shape index (κ2) is 6.00. The van der Waals surface area contributed by atoms with Gasteiger partial charge < -0.3 is 4.74 Å². The molecule has 0 fully saturated rings. The lowest BCUT2D eigenvalue weighted by molar-refractivity contribution is 0.481. The third kappa shape index (κ3) is 2.77. The molecule has 0 N–H and O–H groups in total. The van der Waals surface area contributed by atoms with Gasteiger partial charge in [0.2, 0.25) is 0 Å². The van der Waals surface area contributed by atoms with E-state index in [0.717, 1.165) is 16.3 Å². The monoisotopic (exact) mass is 318 g/mol. The van der Waals surface area contributed by atoms with Crippen molar-refractivity contribution in [3.05, 3.63) is 73.2 Å². The zero-order valence-electron chi connectivity index (χ0n) is 12.4. The molecule has 0 aliphatic heterocycles. The first-order chi connectivity index (χ1) is 11.8. The van der Waals surface area contributed by atoms with Crippen molar-refractivity contribution < 1.29 is 9.13 Å². The molecule has 0 spiro atoms. The molecule has 0 aliphatic carbocycles. The van der Waals surface area contributed by atoms with Crippen LogP contribution in [-0.2, 0) is 0 Å². The highest BCUT2D eigenvalue weighted by Gasteiger charge is 2.08. The Kier molecular flexibility index (Phi) is 3.55. The van der Waals surface area contributed by atoms with E-state index in [9.17, 15) is 4.39 Å². The maximum atomic E-state index is 13.0. The lowest BCUT2D eigenvalue weighted by Crippen LogP contribution is -1.92. The van der Waals surface area contributed by atoms with Crippen molar-refractivity contribution >= 4 is 10.8 Å². The Morgan fingerprint density at radius 2 is 1.58 bits per heavy atom. The van der Waals surface area contributed by atoms with Crippen molar-refractivity contribution in [3.8, 4) is 22.8 Å². The van der Waals surface area contributed by atoms with Gasteiger partial charge >= 0.3 is 0 Å². The Labute approximate surface area is 136 Å². The van der Waals surface area contributed by atoms with Crippen LogP contribution in [0.5, 0.6) is 11.5 Å². The van der Waals surface area contributed by atoms with Crippen molar-refractivity contribution in [2.24, 2.45) is 0 Å². The Bertz CT molecular complexity index is 991. The maximum Gasteiger partial charge on any atom is 0.128 e. The summed E-state index contributed by atoms with van der Waals surface area (Å²) in [5.74, 6) is 0.901. The molecule has 0 amide bonds. The first-order valence-electron chi connectivity index (χ1n) is 7.24. The second-order valence-electron chi connectivity index (χ2n) is 5.13. The van der Waals surface area contributed by atoms with Gasteiger partial charge in [0, 0.05) is 28.7 Å². The Morgan fingerprint density at radius 3 is 2.38 bits per heavy atom. The van der Waals surface area contributed by atoms with Gasteiger partial charge in [0.25, 0.3) is 0 Å². The van der Waals surface area contributed by atoms with Crippen LogP contribution in [-0.4, -0.2) is 20.2 Å². The topological polar surface area (TPSA) is 60.8 Å². The van der Waals surface area contributed by atoms with E-state index in [4.69, 9.17) is 4.74 Å². The van der Waals surface area contributed by atoms with Crippen LogP contribution in [0.3, 0.4) is 0 Å². The quantitative estimate of drug-likeness (QED) is 0.571. The predicted octanol–water partition coefficient (Wildman–Crippen LogP) is 4.02. The molecule has 0 radical (unpaired) electrons. The average Bonchev–Trinajstić information content (AvgIpc) is 2.64. The highest BCUT2D eigenvalue weighted by Crippen LogP contribution is 2.29. The summed E-state index contributed by atoms with van der Waals surface area (Å²) in [6, 6.07) is 11.5. The zero-order chi connectivity index (χ0) is 16.4. The summed E-state index contributed by atoms with van der Waals surface area (Å²) in [5.41, 5.74) is 1.50. The molecule has 5 nitrogen and oxygen atoms in total. The van der Waals surface area contributed by atoms with E-state index in [1.807, 2.05) is 18.2 Å². The zero-order valence-corrected chi connectivity index (χ0v) is 12.4. The number of rotatable bonds is 3. The molecular formula is C18H11FN4O. The summed E-state index contributed by atoms with van der Waals surface area (Å²) in [6.07, 6.45) is 6.52. The molecule has 4 rings (SSSR count). The minimum absolute atomic E-state index is 0.300. The molecule has 0 atom stereocenters. The van der Waals surface area contributed by atoms with E-state index in [2.05, 4.69) is 20.2 Å². The molecule has 0 saturated heterocycles. The Balaban J connectivity index is 1.73. The first kappa shape index (κ1) is 14.2. The molecule has 0 aliphatic rings. The van der Waals surface area contributed by atoms with Crippen LogP contribution in [0.4, 0.5) is 4.39 Å². The molecule has 0 bridgehead atoms. The molecule has 6 heteroatoms. The van der Waals surface area contributed by atoms with Crippen molar-refractivity contribution in [1.82, 2.24) is 20.2 Å². The maximum absolute atomic E-state index is 13.0. The first-order valence-corrected chi connectivity index (χ1v) is 7.24. The van der Waals surface area contributed by atoms with Gasteiger partial charge in [-0.2, -0.15) is 5.10 Å². The van der Waals surface area contributed by atoms with Crippen LogP contribution < -0.4 is 4.74 Å². The summed E-state index contributed by atoms with van der Waals surface area (Å²) >= 11 is 0. The van der Waals surface area contributed by atoms with Crippen molar-refractivity contribution in [3.63, 3.8) is 0 Å². The molecule has 0 saturated carbocycles. The van der Waals surface area contributed by atoms with Gasteiger partial charge in [0.1, 0.15) is 29.3 Å².